The Morgan fingerprint density at radius 2 is 2.16 bits per heavy atom. The van der Waals surface area contributed by atoms with Gasteiger partial charge in [-0.25, -0.2) is 0 Å². The largest absolute Gasteiger partial charge is 0.384 e. The number of benzene rings is 1. The van der Waals surface area contributed by atoms with Gasteiger partial charge in [-0.2, -0.15) is 0 Å². The molecule has 104 valence electrons. The zero-order chi connectivity index (χ0) is 13.2. The third-order valence-electron chi connectivity index (χ3n) is 4.88. The maximum Gasteiger partial charge on any atom is 0.0372 e. The smallest absolute Gasteiger partial charge is 0.0372 e. The summed E-state index contributed by atoms with van der Waals surface area (Å²) in [5.74, 6) is 2.54. The number of fused-ring (bicyclic) bond motifs is 1. The molecule has 2 heteroatoms. The lowest BCUT2D eigenvalue weighted by Gasteiger charge is -2.29. The van der Waals surface area contributed by atoms with Gasteiger partial charge in [0.15, 0.2) is 0 Å². The van der Waals surface area contributed by atoms with Gasteiger partial charge in [-0.05, 0) is 48.8 Å². The summed E-state index contributed by atoms with van der Waals surface area (Å²) in [6.45, 7) is 9.76. The minimum absolute atomic E-state index is 0.779. The quantitative estimate of drug-likeness (QED) is 0.895. The Labute approximate surface area is 117 Å². The monoisotopic (exact) mass is 258 g/mol. The summed E-state index contributed by atoms with van der Waals surface area (Å²) in [6.07, 6.45) is 2.64. The number of nitrogens with one attached hydrogen (secondary N) is 1. The molecule has 3 rings (SSSR count). The van der Waals surface area contributed by atoms with E-state index in [0.29, 0.717) is 0 Å². The van der Waals surface area contributed by atoms with Crippen molar-refractivity contribution in [3.63, 3.8) is 0 Å². The average Bonchev–Trinajstić information content (AvgIpc) is 2.87. The fraction of sp³-hybridized carbons (Fsp3) is 0.647. The van der Waals surface area contributed by atoms with Gasteiger partial charge in [0.25, 0.3) is 0 Å². The van der Waals surface area contributed by atoms with Crippen LogP contribution in [0, 0.1) is 17.8 Å². The maximum atomic E-state index is 3.59. The first-order chi connectivity index (χ1) is 9.22. The van der Waals surface area contributed by atoms with Crippen molar-refractivity contribution >= 4 is 5.69 Å². The van der Waals surface area contributed by atoms with E-state index in [4.69, 9.17) is 0 Å². The van der Waals surface area contributed by atoms with Crippen LogP contribution in [0.25, 0.3) is 0 Å². The fourth-order valence-electron chi connectivity index (χ4n) is 3.58. The summed E-state index contributed by atoms with van der Waals surface area (Å²) >= 11 is 0. The zero-order valence-electron chi connectivity index (χ0n) is 12.2. The molecule has 1 saturated heterocycles. The van der Waals surface area contributed by atoms with Crippen molar-refractivity contribution < 1.29 is 0 Å². The predicted molar refractivity (Wildman–Crippen MR) is 81.5 cm³/mol. The second-order valence-electron chi connectivity index (χ2n) is 6.66. The number of hydrogen-bond donors (Lipinski definition) is 1. The van der Waals surface area contributed by atoms with Crippen LogP contribution in [0.4, 0.5) is 5.69 Å². The van der Waals surface area contributed by atoms with Gasteiger partial charge in [0.1, 0.15) is 0 Å². The van der Waals surface area contributed by atoms with Gasteiger partial charge in [0.05, 0.1) is 0 Å². The fourth-order valence-corrected chi connectivity index (χ4v) is 3.58. The van der Waals surface area contributed by atoms with Crippen LogP contribution < -0.4 is 5.32 Å². The van der Waals surface area contributed by atoms with Crippen LogP contribution in [0.1, 0.15) is 25.8 Å². The van der Waals surface area contributed by atoms with E-state index >= 15 is 0 Å². The summed E-state index contributed by atoms with van der Waals surface area (Å²) in [5.41, 5.74) is 2.85. The lowest BCUT2D eigenvalue weighted by atomic mass is 9.93. The number of hydrogen-bond acceptors (Lipinski definition) is 2. The highest BCUT2D eigenvalue weighted by molar-refractivity contribution is 5.53. The van der Waals surface area contributed by atoms with Gasteiger partial charge in [-0.15, -0.1) is 0 Å². The number of nitrogens with zero attached hydrogens (tertiary/aromatic N) is 1. The maximum absolute atomic E-state index is 3.59. The molecule has 1 fully saturated rings. The molecule has 2 unspecified atom stereocenters. The van der Waals surface area contributed by atoms with Gasteiger partial charge >= 0.3 is 0 Å². The minimum atomic E-state index is 0.779. The van der Waals surface area contributed by atoms with Crippen molar-refractivity contribution in [2.24, 2.45) is 17.8 Å². The van der Waals surface area contributed by atoms with Crippen LogP contribution in [0.2, 0.25) is 0 Å². The first-order valence-corrected chi connectivity index (χ1v) is 7.76. The Bertz CT molecular complexity index is 427. The molecule has 1 aromatic rings. The highest BCUT2D eigenvalue weighted by Crippen LogP contribution is 2.28. The molecule has 0 spiro atoms. The van der Waals surface area contributed by atoms with Crippen molar-refractivity contribution in [1.29, 1.82) is 0 Å². The molecular weight excluding hydrogens is 232 g/mol. The molecular formula is C17H26N2. The Morgan fingerprint density at radius 1 is 1.32 bits per heavy atom. The molecule has 0 radical (unpaired) electrons. The van der Waals surface area contributed by atoms with Gasteiger partial charge in [-0.1, -0.05) is 32.0 Å². The van der Waals surface area contributed by atoms with E-state index in [1.54, 1.807) is 0 Å². The highest BCUT2D eigenvalue weighted by Gasteiger charge is 2.27. The van der Waals surface area contributed by atoms with E-state index in [-0.39, 0.29) is 0 Å². The molecule has 0 saturated carbocycles. The van der Waals surface area contributed by atoms with Crippen LogP contribution in [-0.4, -0.2) is 31.1 Å². The molecule has 2 nitrogen and oxygen atoms in total. The summed E-state index contributed by atoms with van der Waals surface area (Å²) < 4.78 is 0. The lowest BCUT2D eigenvalue weighted by Crippen LogP contribution is -2.35. The second-order valence-corrected chi connectivity index (χ2v) is 6.66. The molecule has 0 bridgehead atoms. The predicted octanol–water partition coefficient (Wildman–Crippen LogP) is 3.25. The van der Waals surface area contributed by atoms with Crippen LogP contribution in [0.15, 0.2) is 24.3 Å². The van der Waals surface area contributed by atoms with Gasteiger partial charge in [0.2, 0.25) is 0 Å². The average molecular weight is 258 g/mol. The van der Waals surface area contributed by atoms with Crippen LogP contribution >= 0.6 is 0 Å². The van der Waals surface area contributed by atoms with Crippen LogP contribution in [-0.2, 0) is 6.42 Å². The Hall–Kier alpha value is -1.02. The third kappa shape index (κ3) is 2.94. The summed E-state index contributed by atoms with van der Waals surface area (Å²) in [5, 5.41) is 3.59. The highest BCUT2D eigenvalue weighted by atomic mass is 15.1. The third-order valence-corrected chi connectivity index (χ3v) is 4.88. The van der Waals surface area contributed by atoms with Crippen molar-refractivity contribution in [1.82, 2.24) is 4.90 Å². The zero-order valence-corrected chi connectivity index (χ0v) is 12.2. The Kier molecular flexibility index (Phi) is 3.79. The van der Waals surface area contributed by atoms with Gasteiger partial charge < -0.3 is 10.2 Å². The lowest BCUT2D eigenvalue weighted by molar-refractivity contribution is 0.260. The first-order valence-electron chi connectivity index (χ1n) is 7.76. The molecule has 2 heterocycles. The van der Waals surface area contributed by atoms with E-state index in [1.807, 2.05) is 0 Å². The molecule has 2 aliphatic heterocycles. The second kappa shape index (κ2) is 5.54. The van der Waals surface area contributed by atoms with Crippen molar-refractivity contribution in [2.75, 3.05) is 31.5 Å². The molecule has 1 aromatic carbocycles. The number of likely N-dealkylation sites (tertiary alicyclic amines) is 1. The first kappa shape index (κ1) is 13.0. The molecule has 0 aliphatic carbocycles. The Balaban J connectivity index is 1.55. The van der Waals surface area contributed by atoms with Crippen LogP contribution in [0.5, 0.6) is 0 Å². The topological polar surface area (TPSA) is 15.3 Å². The summed E-state index contributed by atoms with van der Waals surface area (Å²) in [7, 11) is 0. The van der Waals surface area contributed by atoms with Gasteiger partial charge in [-0.3, -0.25) is 0 Å². The molecule has 1 N–H and O–H groups in total. The van der Waals surface area contributed by atoms with E-state index in [2.05, 4.69) is 48.3 Å². The molecule has 2 atom stereocenters. The molecule has 2 aliphatic rings. The van der Waals surface area contributed by atoms with Crippen molar-refractivity contribution in [2.45, 2.75) is 26.7 Å². The van der Waals surface area contributed by atoms with E-state index < -0.39 is 0 Å². The van der Waals surface area contributed by atoms with E-state index in [1.165, 1.54) is 43.7 Å². The minimum Gasteiger partial charge on any atom is -0.384 e. The molecule has 0 aromatic heterocycles. The van der Waals surface area contributed by atoms with E-state index in [0.717, 1.165) is 24.3 Å². The van der Waals surface area contributed by atoms with Crippen molar-refractivity contribution in [3.05, 3.63) is 29.8 Å². The molecule has 19 heavy (non-hydrogen) atoms. The van der Waals surface area contributed by atoms with Gasteiger partial charge in [0, 0.05) is 25.3 Å². The number of para-hydroxylation sites is 1. The molecule has 0 amide bonds. The normalized spacial score (nSPS) is 27.3. The number of anilines is 1. The van der Waals surface area contributed by atoms with Crippen molar-refractivity contribution in [3.8, 4) is 0 Å². The Morgan fingerprint density at radius 3 is 2.95 bits per heavy atom. The summed E-state index contributed by atoms with van der Waals surface area (Å²) in [4.78, 5) is 2.69. The number of rotatable bonds is 3. The summed E-state index contributed by atoms with van der Waals surface area (Å²) in [6, 6.07) is 8.76. The SMILES string of the molecule is CC(C)C1CCN(CC2CNc3ccccc3C2)C1. The standard InChI is InChI=1S/C17H26N2/c1-13(2)16-7-8-19(12-16)11-14-9-15-5-3-4-6-17(15)18-10-14/h3-6,13-14,16,18H,7-12H2,1-2H3. The van der Waals surface area contributed by atoms with Crippen LogP contribution in [0.3, 0.4) is 0 Å². The van der Waals surface area contributed by atoms with E-state index in [9.17, 15) is 0 Å².